The first kappa shape index (κ1) is 10.9. The fourth-order valence-corrected chi connectivity index (χ4v) is 3.11. The van der Waals surface area contributed by atoms with Gasteiger partial charge in [-0.2, -0.15) is 10.1 Å². The molecule has 6 heteroatoms. The zero-order valence-corrected chi connectivity index (χ0v) is 10.6. The summed E-state index contributed by atoms with van der Waals surface area (Å²) >= 11 is 1.69. The summed E-state index contributed by atoms with van der Waals surface area (Å²) in [6.45, 7) is 2.19. The molecule has 0 amide bonds. The number of piperidine rings is 1. The van der Waals surface area contributed by atoms with E-state index in [1.165, 1.54) is 12.8 Å². The lowest BCUT2D eigenvalue weighted by Gasteiger charge is -2.31. The Kier molecular flexibility index (Phi) is 2.90. The first-order valence-corrected chi connectivity index (χ1v) is 6.68. The van der Waals surface area contributed by atoms with E-state index in [9.17, 15) is 0 Å². The normalized spacial score (nSPS) is 17.5. The van der Waals surface area contributed by atoms with Crippen molar-refractivity contribution < 1.29 is 0 Å². The predicted octanol–water partition coefficient (Wildman–Crippen LogP) is 1.27. The van der Waals surface area contributed by atoms with Crippen LogP contribution < -0.4 is 10.2 Å². The first-order chi connectivity index (χ1) is 8.34. The number of hydrogen-bond donors (Lipinski definition) is 1. The van der Waals surface area contributed by atoms with Gasteiger partial charge in [-0.05, 0) is 32.0 Å². The summed E-state index contributed by atoms with van der Waals surface area (Å²) in [5, 5.41) is 12.3. The molecule has 90 valence electrons. The minimum atomic E-state index is 0.588. The van der Waals surface area contributed by atoms with Gasteiger partial charge in [-0.1, -0.05) is 11.3 Å². The molecule has 2 aromatic rings. The molecular formula is C11H15N5S. The summed E-state index contributed by atoms with van der Waals surface area (Å²) in [4.78, 5) is 6.82. The number of hydrogen-bond acceptors (Lipinski definition) is 6. The van der Waals surface area contributed by atoms with E-state index >= 15 is 0 Å². The summed E-state index contributed by atoms with van der Waals surface area (Å²) in [5.41, 5.74) is 0.758. The second-order valence-corrected chi connectivity index (χ2v) is 5.32. The van der Waals surface area contributed by atoms with E-state index in [-0.39, 0.29) is 0 Å². The van der Waals surface area contributed by atoms with Crippen LogP contribution in [0.3, 0.4) is 0 Å². The number of anilines is 1. The summed E-state index contributed by atoms with van der Waals surface area (Å²) in [5.74, 6) is 0. The van der Waals surface area contributed by atoms with Gasteiger partial charge in [-0.3, -0.25) is 0 Å². The van der Waals surface area contributed by atoms with Crippen molar-refractivity contribution in [1.82, 2.24) is 20.5 Å². The molecule has 0 bridgehead atoms. The molecule has 1 fully saturated rings. The van der Waals surface area contributed by atoms with Crippen molar-refractivity contribution in [3.05, 3.63) is 12.3 Å². The van der Waals surface area contributed by atoms with Crippen LogP contribution in [0.15, 0.2) is 12.3 Å². The number of fused-ring (bicyclic) bond motifs is 1. The molecule has 1 aliphatic rings. The fraction of sp³-hybridized carbons (Fsp3) is 0.545. The lowest BCUT2D eigenvalue weighted by molar-refractivity contribution is 0.443. The molecule has 17 heavy (non-hydrogen) atoms. The minimum absolute atomic E-state index is 0.588. The monoisotopic (exact) mass is 249 g/mol. The predicted molar refractivity (Wildman–Crippen MR) is 69.5 cm³/mol. The molecule has 2 aromatic heterocycles. The van der Waals surface area contributed by atoms with E-state index in [0.29, 0.717) is 6.04 Å². The standard InChI is InChI=1S/C11H15N5S/c1-16(8-2-5-12-6-3-8)11-14-10-9(17-11)4-7-13-15-10/h4,7-8,12H,2-3,5-6H2,1H3. The van der Waals surface area contributed by atoms with Crippen LogP contribution >= 0.6 is 11.3 Å². The Balaban J connectivity index is 1.86. The largest absolute Gasteiger partial charge is 0.348 e. The number of nitrogens with zero attached hydrogens (tertiary/aromatic N) is 4. The quantitative estimate of drug-likeness (QED) is 0.868. The van der Waals surface area contributed by atoms with Gasteiger partial charge in [0, 0.05) is 13.1 Å². The maximum Gasteiger partial charge on any atom is 0.194 e. The second kappa shape index (κ2) is 4.54. The second-order valence-electron chi connectivity index (χ2n) is 4.31. The molecule has 3 heterocycles. The zero-order valence-electron chi connectivity index (χ0n) is 9.76. The van der Waals surface area contributed by atoms with E-state index in [2.05, 4.69) is 32.4 Å². The Morgan fingerprint density at radius 3 is 3.00 bits per heavy atom. The van der Waals surface area contributed by atoms with Gasteiger partial charge in [0.05, 0.1) is 10.9 Å². The topological polar surface area (TPSA) is 53.9 Å². The molecule has 0 spiro atoms. The molecule has 0 saturated carbocycles. The molecule has 3 rings (SSSR count). The first-order valence-electron chi connectivity index (χ1n) is 5.86. The van der Waals surface area contributed by atoms with E-state index in [1.807, 2.05) is 6.07 Å². The lowest BCUT2D eigenvalue weighted by atomic mass is 10.1. The summed E-state index contributed by atoms with van der Waals surface area (Å²) < 4.78 is 1.11. The van der Waals surface area contributed by atoms with Crippen molar-refractivity contribution >= 4 is 26.8 Å². The fourth-order valence-electron chi connectivity index (χ4n) is 2.18. The van der Waals surface area contributed by atoms with Crippen LogP contribution in [0.1, 0.15) is 12.8 Å². The third-order valence-electron chi connectivity index (χ3n) is 3.23. The zero-order chi connectivity index (χ0) is 11.7. The average molecular weight is 249 g/mol. The van der Waals surface area contributed by atoms with E-state index in [1.54, 1.807) is 17.5 Å². The Morgan fingerprint density at radius 2 is 2.24 bits per heavy atom. The maximum atomic E-state index is 4.54. The van der Waals surface area contributed by atoms with E-state index < -0.39 is 0 Å². The smallest absolute Gasteiger partial charge is 0.194 e. The SMILES string of the molecule is CN(c1nc2nnccc2s1)C1CCNCC1. The number of thiazole rings is 1. The van der Waals surface area contributed by atoms with Crippen molar-refractivity contribution in [2.24, 2.45) is 0 Å². The molecule has 1 N–H and O–H groups in total. The van der Waals surface area contributed by atoms with Gasteiger partial charge in [0.15, 0.2) is 10.8 Å². The molecule has 0 atom stereocenters. The highest BCUT2D eigenvalue weighted by atomic mass is 32.1. The van der Waals surface area contributed by atoms with Crippen LogP contribution in [0.4, 0.5) is 5.13 Å². The molecule has 1 saturated heterocycles. The van der Waals surface area contributed by atoms with Gasteiger partial charge < -0.3 is 10.2 Å². The minimum Gasteiger partial charge on any atom is -0.348 e. The Morgan fingerprint density at radius 1 is 1.41 bits per heavy atom. The Hall–Kier alpha value is -1.27. The van der Waals surface area contributed by atoms with Gasteiger partial charge in [0.25, 0.3) is 0 Å². The molecule has 1 aliphatic heterocycles. The number of rotatable bonds is 2. The highest BCUT2D eigenvalue weighted by molar-refractivity contribution is 7.22. The number of nitrogens with one attached hydrogen (secondary N) is 1. The molecule has 0 aliphatic carbocycles. The number of aromatic nitrogens is 3. The summed E-state index contributed by atoms with van der Waals surface area (Å²) in [6.07, 6.45) is 4.07. The molecule has 0 aromatic carbocycles. The van der Waals surface area contributed by atoms with Gasteiger partial charge in [-0.25, -0.2) is 0 Å². The van der Waals surface area contributed by atoms with Crippen LogP contribution in [0, 0.1) is 0 Å². The average Bonchev–Trinajstić information content (AvgIpc) is 2.82. The van der Waals surface area contributed by atoms with Crippen molar-refractivity contribution in [2.75, 3.05) is 25.0 Å². The molecular weight excluding hydrogens is 234 g/mol. The maximum absolute atomic E-state index is 4.54. The van der Waals surface area contributed by atoms with Gasteiger partial charge in [0.2, 0.25) is 0 Å². The van der Waals surface area contributed by atoms with Gasteiger partial charge in [0.1, 0.15) is 0 Å². The summed E-state index contributed by atoms with van der Waals surface area (Å²) in [6, 6.07) is 2.56. The Bertz CT molecular complexity index is 472. The van der Waals surface area contributed by atoms with Crippen molar-refractivity contribution in [3.8, 4) is 0 Å². The van der Waals surface area contributed by atoms with Crippen LogP contribution in [0.5, 0.6) is 0 Å². The third kappa shape index (κ3) is 2.10. The molecule has 5 nitrogen and oxygen atoms in total. The van der Waals surface area contributed by atoms with E-state index in [4.69, 9.17) is 0 Å². The third-order valence-corrected chi connectivity index (χ3v) is 4.33. The van der Waals surface area contributed by atoms with Crippen molar-refractivity contribution in [3.63, 3.8) is 0 Å². The molecule has 0 radical (unpaired) electrons. The van der Waals surface area contributed by atoms with Crippen LogP contribution in [0.25, 0.3) is 10.3 Å². The van der Waals surface area contributed by atoms with Crippen LogP contribution in [-0.4, -0.2) is 41.4 Å². The highest BCUT2D eigenvalue weighted by Crippen LogP contribution is 2.28. The van der Waals surface area contributed by atoms with Crippen LogP contribution in [-0.2, 0) is 0 Å². The van der Waals surface area contributed by atoms with E-state index in [0.717, 1.165) is 28.6 Å². The lowest BCUT2D eigenvalue weighted by Crippen LogP contribution is -2.41. The van der Waals surface area contributed by atoms with Gasteiger partial charge >= 0.3 is 0 Å². The Labute approximate surface area is 104 Å². The molecule has 0 unspecified atom stereocenters. The highest BCUT2D eigenvalue weighted by Gasteiger charge is 2.20. The van der Waals surface area contributed by atoms with Crippen molar-refractivity contribution in [1.29, 1.82) is 0 Å². The van der Waals surface area contributed by atoms with Crippen LogP contribution in [0.2, 0.25) is 0 Å². The van der Waals surface area contributed by atoms with Gasteiger partial charge in [-0.15, -0.1) is 5.10 Å². The summed E-state index contributed by atoms with van der Waals surface area (Å²) in [7, 11) is 2.13. The van der Waals surface area contributed by atoms with Crippen molar-refractivity contribution in [2.45, 2.75) is 18.9 Å².